The van der Waals surface area contributed by atoms with E-state index < -0.39 is 0 Å². The molecule has 0 aromatic heterocycles. The quantitative estimate of drug-likeness (QED) is 0.901. The van der Waals surface area contributed by atoms with Gasteiger partial charge in [-0.05, 0) is 44.5 Å². The zero-order valence-electron chi connectivity index (χ0n) is 13.0. The lowest BCUT2D eigenvalue weighted by Gasteiger charge is -2.36. The Hall–Kier alpha value is -1.75. The second kappa shape index (κ2) is 7.31. The molecule has 2 rings (SSSR count). The van der Waals surface area contributed by atoms with E-state index in [1.807, 2.05) is 11.9 Å². The molecule has 0 aliphatic carbocycles. The molecule has 1 saturated heterocycles. The minimum absolute atomic E-state index is 0.0192. The average molecular weight is 292 g/mol. The Labute approximate surface area is 126 Å². The number of methoxy groups -OCH3 is 2. The molecule has 1 atom stereocenters. The fourth-order valence-electron chi connectivity index (χ4n) is 2.85. The van der Waals surface area contributed by atoms with E-state index in [2.05, 4.69) is 5.32 Å². The van der Waals surface area contributed by atoms with Crippen LogP contribution in [0.25, 0.3) is 0 Å². The highest BCUT2D eigenvalue weighted by Crippen LogP contribution is 2.27. The van der Waals surface area contributed by atoms with E-state index in [4.69, 9.17) is 9.47 Å². The van der Waals surface area contributed by atoms with Crippen molar-refractivity contribution in [2.24, 2.45) is 0 Å². The van der Waals surface area contributed by atoms with Crippen molar-refractivity contribution >= 4 is 5.91 Å². The highest BCUT2D eigenvalue weighted by Gasteiger charge is 2.28. The van der Waals surface area contributed by atoms with E-state index in [1.165, 1.54) is 6.42 Å². The highest BCUT2D eigenvalue weighted by molar-refractivity contribution is 5.97. The molecule has 0 bridgehead atoms. The predicted molar refractivity (Wildman–Crippen MR) is 82.1 cm³/mol. The molecular formula is C16H24N2O3. The van der Waals surface area contributed by atoms with Crippen molar-refractivity contribution in [3.05, 3.63) is 23.8 Å². The number of carbonyl (C=O) groups is 1. The summed E-state index contributed by atoms with van der Waals surface area (Å²) in [5.74, 6) is 1.28. The van der Waals surface area contributed by atoms with Crippen LogP contribution in [0.3, 0.4) is 0 Å². The van der Waals surface area contributed by atoms with Gasteiger partial charge in [-0.15, -0.1) is 0 Å². The number of benzene rings is 1. The number of likely N-dealkylation sites (N-methyl/N-ethyl adjacent to an activating group) is 1. The molecule has 1 unspecified atom stereocenters. The fraction of sp³-hybridized carbons (Fsp3) is 0.562. The van der Waals surface area contributed by atoms with E-state index in [0.29, 0.717) is 17.1 Å². The van der Waals surface area contributed by atoms with Crippen LogP contribution in [0.15, 0.2) is 18.2 Å². The lowest BCUT2D eigenvalue weighted by atomic mass is 10.0. The standard InChI is InChI=1S/C16H24N2O3/c1-17-11-12-6-4-5-9-18(12)16(19)14-10-13(20-2)7-8-15(14)21-3/h7-8,10,12,17H,4-6,9,11H2,1-3H3. The van der Waals surface area contributed by atoms with Crippen molar-refractivity contribution in [3.63, 3.8) is 0 Å². The van der Waals surface area contributed by atoms with E-state index >= 15 is 0 Å². The highest BCUT2D eigenvalue weighted by atomic mass is 16.5. The number of carbonyl (C=O) groups excluding carboxylic acids is 1. The maximum absolute atomic E-state index is 12.9. The molecule has 1 N–H and O–H groups in total. The molecule has 1 aromatic carbocycles. The molecule has 1 aliphatic rings. The average Bonchev–Trinajstić information content (AvgIpc) is 2.54. The molecule has 5 heteroatoms. The fourth-order valence-corrected chi connectivity index (χ4v) is 2.85. The third-order valence-electron chi connectivity index (χ3n) is 3.96. The first-order chi connectivity index (χ1) is 10.2. The lowest BCUT2D eigenvalue weighted by Crippen LogP contribution is -2.48. The van der Waals surface area contributed by atoms with Crippen molar-refractivity contribution in [2.45, 2.75) is 25.3 Å². The Morgan fingerprint density at radius 2 is 2.14 bits per heavy atom. The van der Waals surface area contributed by atoms with Crippen LogP contribution in [-0.2, 0) is 0 Å². The third kappa shape index (κ3) is 3.47. The summed E-state index contributed by atoms with van der Waals surface area (Å²) in [4.78, 5) is 14.9. The number of rotatable bonds is 5. The summed E-state index contributed by atoms with van der Waals surface area (Å²) in [6.07, 6.45) is 3.27. The van der Waals surface area contributed by atoms with Gasteiger partial charge in [-0.3, -0.25) is 4.79 Å². The lowest BCUT2D eigenvalue weighted by molar-refractivity contribution is 0.0611. The van der Waals surface area contributed by atoms with Crippen molar-refractivity contribution in [2.75, 3.05) is 34.4 Å². The van der Waals surface area contributed by atoms with Gasteiger partial charge in [-0.2, -0.15) is 0 Å². The van der Waals surface area contributed by atoms with Crippen LogP contribution >= 0.6 is 0 Å². The molecular weight excluding hydrogens is 268 g/mol. The monoisotopic (exact) mass is 292 g/mol. The minimum Gasteiger partial charge on any atom is -0.497 e. The molecule has 116 valence electrons. The van der Waals surface area contributed by atoms with E-state index in [0.717, 1.165) is 25.9 Å². The van der Waals surface area contributed by atoms with Gasteiger partial charge in [0.2, 0.25) is 0 Å². The molecule has 0 radical (unpaired) electrons. The van der Waals surface area contributed by atoms with Gasteiger partial charge in [0.15, 0.2) is 0 Å². The Bertz CT molecular complexity index is 488. The van der Waals surface area contributed by atoms with Crippen molar-refractivity contribution in [3.8, 4) is 11.5 Å². The molecule has 1 aliphatic heterocycles. The molecule has 0 saturated carbocycles. The molecule has 1 aromatic rings. The molecule has 1 fully saturated rings. The van der Waals surface area contributed by atoms with Crippen LogP contribution in [-0.4, -0.2) is 51.2 Å². The zero-order valence-corrected chi connectivity index (χ0v) is 13.0. The Balaban J connectivity index is 2.28. The number of nitrogens with zero attached hydrogens (tertiary/aromatic N) is 1. The number of hydrogen-bond donors (Lipinski definition) is 1. The molecule has 5 nitrogen and oxygen atoms in total. The maximum Gasteiger partial charge on any atom is 0.258 e. The molecule has 1 amide bonds. The topological polar surface area (TPSA) is 50.8 Å². The summed E-state index contributed by atoms with van der Waals surface area (Å²) >= 11 is 0. The van der Waals surface area contributed by atoms with E-state index in [-0.39, 0.29) is 11.9 Å². The first-order valence-corrected chi connectivity index (χ1v) is 7.38. The van der Waals surface area contributed by atoms with Gasteiger partial charge in [0.1, 0.15) is 11.5 Å². The summed E-state index contributed by atoms with van der Waals surface area (Å²) < 4.78 is 10.6. The molecule has 1 heterocycles. The van der Waals surface area contributed by atoms with Crippen molar-refractivity contribution in [1.29, 1.82) is 0 Å². The molecule has 21 heavy (non-hydrogen) atoms. The summed E-state index contributed by atoms with van der Waals surface area (Å²) in [5.41, 5.74) is 0.569. The number of likely N-dealkylation sites (tertiary alicyclic amines) is 1. The van der Waals surface area contributed by atoms with Gasteiger partial charge in [0.25, 0.3) is 5.91 Å². The second-order valence-electron chi connectivity index (χ2n) is 5.27. The van der Waals surface area contributed by atoms with Gasteiger partial charge >= 0.3 is 0 Å². The van der Waals surface area contributed by atoms with E-state index in [1.54, 1.807) is 32.4 Å². The third-order valence-corrected chi connectivity index (χ3v) is 3.96. The van der Waals surface area contributed by atoms with Crippen LogP contribution in [0.2, 0.25) is 0 Å². The van der Waals surface area contributed by atoms with Gasteiger partial charge in [0.05, 0.1) is 19.8 Å². The van der Waals surface area contributed by atoms with Crippen LogP contribution in [0, 0.1) is 0 Å². The Morgan fingerprint density at radius 3 is 2.81 bits per heavy atom. The second-order valence-corrected chi connectivity index (χ2v) is 5.27. The summed E-state index contributed by atoms with van der Waals surface area (Å²) in [6, 6.07) is 5.58. The van der Waals surface area contributed by atoms with Crippen LogP contribution in [0.5, 0.6) is 11.5 Å². The SMILES string of the molecule is CNCC1CCCCN1C(=O)c1cc(OC)ccc1OC. The number of nitrogens with one attached hydrogen (secondary N) is 1. The maximum atomic E-state index is 12.9. The van der Waals surface area contributed by atoms with Gasteiger partial charge < -0.3 is 19.7 Å². The summed E-state index contributed by atoms with van der Waals surface area (Å²) in [7, 11) is 5.10. The summed E-state index contributed by atoms with van der Waals surface area (Å²) in [6.45, 7) is 1.61. The van der Waals surface area contributed by atoms with Crippen LogP contribution < -0.4 is 14.8 Å². The number of hydrogen-bond acceptors (Lipinski definition) is 4. The largest absolute Gasteiger partial charge is 0.497 e. The Morgan fingerprint density at radius 1 is 1.33 bits per heavy atom. The van der Waals surface area contributed by atoms with Crippen LogP contribution in [0.4, 0.5) is 0 Å². The normalized spacial score (nSPS) is 18.4. The Kier molecular flexibility index (Phi) is 5.44. The summed E-state index contributed by atoms with van der Waals surface area (Å²) in [5, 5.41) is 3.18. The van der Waals surface area contributed by atoms with Gasteiger partial charge in [-0.25, -0.2) is 0 Å². The van der Waals surface area contributed by atoms with Gasteiger partial charge in [0, 0.05) is 19.1 Å². The number of ether oxygens (including phenoxy) is 2. The molecule has 0 spiro atoms. The van der Waals surface area contributed by atoms with E-state index in [9.17, 15) is 4.79 Å². The minimum atomic E-state index is 0.0192. The number of amides is 1. The van der Waals surface area contributed by atoms with Gasteiger partial charge in [-0.1, -0.05) is 0 Å². The predicted octanol–water partition coefficient (Wildman–Crippen LogP) is 1.92. The first-order valence-electron chi connectivity index (χ1n) is 7.38. The van der Waals surface area contributed by atoms with Crippen molar-refractivity contribution < 1.29 is 14.3 Å². The van der Waals surface area contributed by atoms with Crippen LogP contribution in [0.1, 0.15) is 29.6 Å². The van der Waals surface area contributed by atoms with Crippen molar-refractivity contribution in [1.82, 2.24) is 10.2 Å². The number of piperidine rings is 1. The zero-order chi connectivity index (χ0) is 15.2. The first kappa shape index (κ1) is 15.6. The smallest absolute Gasteiger partial charge is 0.258 e.